The van der Waals surface area contributed by atoms with Gasteiger partial charge in [0.15, 0.2) is 0 Å². The van der Waals surface area contributed by atoms with Crippen LogP contribution in [-0.4, -0.2) is 173 Å². The number of aromatic hydroxyl groups is 1. The van der Waals surface area contributed by atoms with Gasteiger partial charge in [-0.05, 0) is 124 Å². The molecule has 4 aromatic rings. The van der Waals surface area contributed by atoms with Gasteiger partial charge in [-0.25, -0.2) is 10.2 Å². The zero-order chi connectivity index (χ0) is 55.4. The largest absolute Gasteiger partial charge is 0.508 e. The number of benzene rings is 2. The molecule has 8 atom stereocenters. The lowest BCUT2D eigenvalue weighted by Gasteiger charge is -2.46. The number of phenols is 1. The Kier molecular flexibility index (Phi) is 15.9. The number of phenolic OH excluding ortho intramolecular Hbond substituents is 1. The van der Waals surface area contributed by atoms with E-state index >= 15 is 4.79 Å². The highest BCUT2D eigenvalue weighted by atomic mass is 16.5. The standard InChI is InChI=1S/C59H80N10O8/c1-13-50(71)66-30-35(5)69(36(6)31-66)58(75)64(11)53(34(3)4)55(72)61-48-23-38-21-40(24-43(70)22-38)39-15-16-49-45(25-39)47(28-59(8,9)33-77-57(74)52-44-26-41(44)32-68(62-52)56(48)73)54(67(49)14-2)46-27-42(29-60-51(46)37(7)76-12)65-19-17-63(10)18-20-65/h13,15-16,21-22,24-25,27,29,34-37,41,44,48,52-53,62,70H,1,14,17-20,23,26,28,30-33H2,2-12H3,(H,61,72)/t35-,36-,37+,41+,44+,48+,52+,53+/m1/s1. The van der Waals surface area contributed by atoms with Gasteiger partial charge in [0.1, 0.15) is 23.9 Å². The number of likely N-dealkylation sites (N-methyl/N-ethyl adjacent to an activating group) is 2. The normalized spacial score (nSPS) is 24.7. The van der Waals surface area contributed by atoms with Crippen LogP contribution in [0.2, 0.25) is 0 Å². The Morgan fingerprint density at radius 3 is 2.39 bits per heavy atom. The number of carbonyl (C=O) groups excluding carboxylic acids is 5. The third-order valence-corrected chi connectivity index (χ3v) is 16.8. The van der Waals surface area contributed by atoms with Gasteiger partial charge in [-0.2, -0.15) is 0 Å². The summed E-state index contributed by atoms with van der Waals surface area (Å²) in [6, 6.07) is 9.85. The summed E-state index contributed by atoms with van der Waals surface area (Å²) in [5, 5.41) is 17.1. The number of cyclic esters (lactones) is 1. The van der Waals surface area contributed by atoms with Gasteiger partial charge >= 0.3 is 12.0 Å². The van der Waals surface area contributed by atoms with Gasteiger partial charge < -0.3 is 49.0 Å². The summed E-state index contributed by atoms with van der Waals surface area (Å²) in [5.74, 6) is -2.00. The van der Waals surface area contributed by atoms with Gasteiger partial charge in [-0.3, -0.25) is 29.2 Å². The lowest BCUT2D eigenvalue weighted by molar-refractivity contribution is -0.156. The lowest BCUT2D eigenvalue weighted by Crippen LogP contribution is -2.65. The van der Waals surface area contributed by atoms with Crippen molar-refractivity contribution in [2.24, 2.45) is 23.2 Å². The first-order chi connectivity index (χ1) is 36.6. The number of rotatable bonds is 10. The molecule has 3 N–H and O–H groups in total. The highest BCUT2D eigenvalue weighted by Gasteiger charge is 2.53. The number of esters is 1. The molecule has 77 heavy (non-hydrogen) atoms. The molecule has 0 spiro atoms. The summed E-state index contributed by atoms with van der Waals surface area (Å²) in [6.45, 7) is 24.8. The molecule has 18 nitrogen and oxygen atoms in total. The van der Waals surface area contributed by atoms with Gasteiger partial charge in [-0.15, -0.1) is 0 Å². The number of nitrogens with zero attached hydrogens (tertiary/aromatic N) is 8. The minimum absolute atomic E-state index is 0.00839. The fourth-order valence-electron chi connectivity index (χ4n) is 12.5. The monoisotopic (exact) mass is 1060 g/mol. The molecule has 18 heteroatoms. The van der Waals surface area contributed by atoms with E-state index in [0.29, 0.717) is 38.2 Å². The van der Waals surface area contributed by atoms with Crippen LogP contribution in [-0.2, 0) is 48.0 Å². The summed E-state index contributed by atoms with van der Waals surface area (Å²) >= 11 is 0. The third-order valence-electron chi connectivity index (χ3n) is 16.8. The average Bonchev–Trinajstić information content (AvgIpc) is 4.15. The number of amides is 5. The second-order valence-electron chi connectivity index (χ2n) is 23.6. The third kappa shape index (κ3) is 11.2. The highest BCUT2D eigenvalue weighted by molar-refractivity contribution is 5.96. The predicted octanol–water partition coefficient (Wildman–Crippen LogP) is 6.24. The number of ether oxygens (including phenoxy) is 2. The molecule has 5 aliphatic rings. The first-order valence-electron chi connectivity index (χ1n) is 27.6. The summed E-state index contributed by atoms with van der Waals surface area (Å²) in [7, 11) is 5.45. The number of nitrogens with one attached hydrogen (secondary N) is 2. The van der Waals surface area contributed by atoms with Crippen molar-refractivity contribution in [3.63, 3.8) is 0 Å². The smallest absolute Gasteiger partial charge is 0.325 e. The summed E-state index contributed by atoms with van der Waals surface area (Å²) in [5.41, 5.74) is 10.8. The molecule has 4 aliphatic heterocycles. The molecule has 414 valence electrons. The van der Waals surface area contributed by atoms with Gasteiger partial charge in [-0.1, -0.05) is 46.4 Å². The van der Waals surface area contributed by atoms with E-state index in [1.165, 1.54) is 16.0 Å². The highest BCUT2D eigenvalue weighted by Crippen LogP contribution is 2.46. The number of piperazine rings is 2. The molecule has 0 unspecified atom stereocenters. The van der Waals surface area contributed by atoms with Crippen molar-refractivity contribution < 1.29 is 38.6 Å². The maximum atomic E-state index is 15.1. The molecule has 6 heterocycles. The maximum Gasteiger partial charge on any atom is 0.325 e. The first-order valence-corrected chi connectivity index (χ1v) is 27.6. The molecule has 6 bridgehead atoms. The van der Waals surface area contributed by atoms with Gasteiger partial charge in [0.25, 0.3) is 5.91 Å². The van der Waals surface area contributed by atoms with E-state index in [-0.39, 0.29) is 66.7 Å². The van der Waals surface area contributed by atoms with Crippen molar-refractivity contribution in [2.75, 3.05) is 78.5 Å². The maximum absolute atomic E-state index is 15.1. The van der Waals surface area contributed by atoms with Crippen LogP contribution in [0, 0.1) is 23.2 Å². The minimum Gasteiger partial charge on any atom is -0.508 e. The van der Waals surface area contributed by atoms with Crippen molar-refractivity contribution in [1.29, 1.82) is 0 Å². The number of aromatic nitrogens is 2. The number of urea groups is 1. The summed E-state index contributed by atoms with van der Waals surface area (Å²) < 4.78 is 14.7. The molecule has 0 radical (unpaired) electrons. The number of hydrogen-bond acceptors (Lipinski definition) is 12. The van der Waals surface area contributed by atoms with Gasteiger partial charge in [0, 0.05) is 107 Å². The van der Waals surface area contributed by atoms with E-state index < -0.39 is 41.3 Å². The molecule has 5 amide bonds. The molecule has 9 rings (SSSR count). The topological polar surface area (TPSA) is 185 Å². The van der Waals surface area contributed by atoms with Crippen molar-refractivity contribution >= 4 is 46.3 Å². The summed E-state index contributed by atoms with van der Waals surface area (Å²) in [6.07, 6.45) is 4.17. The fourth-order valence-corrected chi connectivity index (χ4v) is 12.5. The number of hydrazine groups is 1. The van der Waals surface area contributed by atoms with Crippen molar-refractivity contribution in [3.8, 4) is 28.1 Å². The van der Waals surface area contributed by atoms with Crippen molar-refractivity contribution in [3.05, 3.63) is 78.1 Å². The Bertz CT molecular complexity index is 2920. The van der Waals surface area contributed by atoms with Gasteiger partial charge in [0.2, 0.25) is 11.8 Å². The first kappa shape index (κ1) is 55.3. The lowest BCUT2D eigenvalue weighted by atomic mass is 9.84. The molecular weight excluding hydrogens is 977 g/mol. The quantitative estimate of drug-likeness (QED) is 0.120. The number of fused-ring (bicyclic) bond motifs is 8. The van der Waals surface area contributed by atoms with Crippen molar-refractivity contribution in [1.82, 2.24) is 44.9 Å². The zero-order valence-corrected chi connectivity index (χ0v) is 47.0. The van der Waals surface area contributed by atoms with Gasteiger partial charge in [0.05, 0.1) is 36.0 Å². The zero-order valence-electron chi connectivity index (χ0n) is 47.0. The number of methoxy groups -OCH3 is 1. The Labute approximate surface area is 453 Å². The second kappa shape index (κ2) is 22.1. The number of hydrogen-bond donors (Lipinski definition) is 3. The fraction of sp³-hybridized carbons (Fsp3) is 0.559. The molecule has 1 saturated carbocycles. The van der Waals surface area contributed by atoms with Crippen LogP contribution in [0.4, 0.5) is 10.5 Å². The van der Waals surface area contributed by atoms with Crippen LogP contribution in [0.5, 0.6) is 5.75 Å². The second-order valence-corrected chi connectivity index (χ2v) is 23.6. The van der Waals surface area contributed by atoms with E-state index in [9.17, 15) is 24.3 Å². The Morgan fingerprint density at radius 1 is 1.01 bits per heavy atom. The van der Waals surface area contributed by atoms with E-state index in [0.717, 1.165) is 82.8 Å². The van der Waals surface area contributed by atoms with E-state index in [4.69, 9.17) is 14.5 Å². The number of pyridine rings is 1. The van der Waals surface area contributed by atoms with E-state index in [1.54, 1.807) is 36.1 Å². The van der Waals surface area contributed by atoms with Crippen LogP contribution in [0.3, 0.4) is 0 Å². The average molecular weight is 1060 g/mol. The van der Waals surface area contributed by atoms with Crippen LogP contribution in [0.25, 0.3) is 33.3 Å². The van der Waals surface area contributed by atoms with Crippen LogP contribution < -0.4 is 15.6 Å². The SMILES string of the molecule is C=CC(=O)N1C[C@@H](C)N(C(=O)N(C)[C@H](C(=O)N[C@H]2Cc3cc(O)cc(c3)-c3ccc4c(c3)c(c(-c3cc(N5CCN(C)CC5)cnc3[C@H](C)OC)n4CC)CC(C)(C)COC(=O)[C@H]3NN(C[C@@H]4C[C@@H]43)C2=O)C(C)C)[C@H](C)C1. The molecule has 4 fully saturated rings. The molecule has 2 aromatic carbocycles. The van der Waals surface area contributed by atoms with E-state index in [2.05, 4.69) is 83.8 Å². The van der Waals surface area contributed by atoms with Crippen molar-refractivity contribution in [2.45, 2.75) is 118 Å². The molecule has 3 saturated heterocycles. The Hall–Kier alpha value is -6.50. The molecular formula is C59H80N10O8. The molecule has 2 aromatic heterocycles. The van der Waals surface area contributed by atoms with Crippen LogP contribution in [0.15, 0.2) is 61.3 Å². The van der Waals surface area contributed by atoms with E-state index in [1.807, 2.05) is 46.9 Å². The molecule has 1 aliphatic carbocycles. The minimum atomic E-state index is -1.18. The predicted molar refractivity (Wildman–Crippen MR) is 297 cm³/mol. The number of carbonyl (C=O) groups is 5. The Balaban J connectivity index is 1.13. The van der Waals surface area contributed by atoms with Crippen LogP contribution >= 0.6 is 0 Å². The Morgan fingerprint density at radius 2 is 1.73 bits per heavy atom. The van der Waals surface area contributed by atoms with Crippen LogP contribution in [0.1, 0.15) is 84.7 Å². The number of anilines is 1. The number of aryl methyl sites for hydroxylation is 1. The summed E-state index contributed by atoms with van der Waals surface area (Å²) in [4.78, 5) is 86.1.